The molecule has 88 valence electrons. The normalized spacial score (nSPS) is 14.1. The van der Waals surface area contributed by atoms with Crippen molar-refractivity contribution in [3.63, 3.8) is 0 Å². The van der Waals surface area contributed by atoms with Crippen LogP contribution in [0.25, 0.3) is 0 Å². The van der Waals surface area contributed by atoms with Crippen molar-refractivity contribution in [2.75, 3.05) is 18.5 Å². The van der Waals surface area contributed by atoms with E-state index < -0.39 is 10.8 Å². The maximum Gasteiger partial charge on any atom is 0.270 e. The molecule has 5 nitrogen and oxygen atoms in total. The van der Waals surface area contributed by atoms with Crippen molar-refractivity contribution in [3.05, 3.63) is 23.9 Å². The third-order valence-electron chi connectivity index (χ3n) is 2.12. The number of carbonyl (C=O) groups is 1. The predicted molar refractivity (Wildman–Crippen MR) is 64.5 cm³/mol. The molecule has 0 fully saturated rings. The Bertz CT molecular complexity index is 409. The maximum atomic E-state index is 11.6. The van der Waals surface area contributed by atoms with Gasteiger partial charge >= 0.3 is 0 Å². The number of nitrogens with zero attached hydrogens (tertiary/aromatic N) is 1. The highest BCUT2D eigenvalue weighted by Crippen LogP contribution is 2.00. The van der Waals surface area contributed by atoms with E-state index in [0.717, 1.165) is 0 Å². The van der Waals surface area contributed by atoms with Gasteiger partial charge in [0.1, 0.15) is 11.5 Å². The zero-order valence-electron chi connectivity index (χ0n) is 9.27. The zero-order chi connectivity index (χ0) is 12.1. The van der Waals surface area contributed by atoms with Gasteiger partial charge in [0.15, 0.2) is 0 Å². The van der Waals surface area contributed by atoms with Gasteiger partial charge in [0.2, 0.25) is 0 Å². The van der Waals surface area contributed by atoms with Crippen LogP contribution in [0, 0.1) is 0 Å². The Morgan fingerprint density at radius 1 is 1.62 bits per heavy atom. The van der Waals surface area contributed by atoms with Crippen LogP contribution in [0.2, 0.25) is 0 Å². The zero-order valence-corrected chi connectivity index (χ0v) is 10.1. The van der Waals surface area contributed by atoms with Crippen molar-refractivity contribution in [1.82, 2.24) is 10.3 Å². The lowest BCUT2D eigenvalue weighted by Crippen LogP contribution is -2.33. The van der Waals surface area contributed by atoms with Crippen LogP contribution < -0.4 is 11.1 Å². The lowest BCUT2D eigenvalue weighted by Gasteiger charge is -2.09. The number of pyridine rings is 1. The van der Waals surface area contributed by atoms with Crippen LogP contribution in [0.4, 0.5) is 5.82 Å². The van der Waals surface area contributed by atoms with Crippen LogP contribution >= 0.6 is 0 Å². The van der Waals surface area contributed by atoms with Gasteiger partial charge in [0, 0.05) is 28.9 Å². The molecule has 1 aromatic heterocycles. The van der Waals surface area contributed by atoms with Gasteiger partial charge in [-0.1, -0.05) is 6.07 Å². The molecule has 0 aromatic carbocycles. The van der Waals surface area contributed by atoms with Crippen LogP contribution in [0.3, 0.4) is 0 Å². The summed E-state index contributed by atoms with van der Waals surface area (Å²) in [6, 6.07) is 4.86. The Morgan fingerprint density at radius 2 is 2.31 bits per heavy atom. The van der Waals surface area contributed by atoms with E-state index in [0.29, 0.717) is 12.4 Å². The third kappa shape index (κ3) is 3.62. The number of nitrogens with two attached hydrogens (primary N) is 1. The van der Waals surface area contributed by atoms with Gasteiger partial charge in [-0.3, -0.25) is 9.00 Å². The fraction of sp³-hybridized carbons (Fsp3) is 0.400. The standard InChI is InChI=1S/C10H15N3O2S/c1-7(16(2)15)6-12-10(14)8-4-3-5-9(11)13-8/h3-5,7H,6H2,1-2H3,(H2,11,13)(H,12,14). The highest BCUT2D eigenvalue weighted by Gasteiger charge is 2.10. The first kappa shape index (κ1) is 12.6. The van der Waals surface area contributed by atoms with Crippen LogP contribution in [-0.4, -0.2) is 33.2 Å². The fourth-order valence-electron chi connectivity index (χ4n) is 1.02. The first-order valence-electron chi connectivity index (χ1n) is 4.83. The fourth-order valence-corrected chi connectivity index (χ4v) is 1.34. The molecular formula is C10H15N3O2S. The monoisotopic (exact) mass is 241 g/mol. The number of rotatable bonds is 4. The Kier molecular flexibility index (Phi) is 4.42. The summed E-state index contributed by atoms with van der Waals surface area (Å²) in [5, 5.41) is 2.58. The minimum atomic E-state index is -0.947. The number of nitrogen functional groups attached to an aromatic ring is 1. The number of hydrogen-bond acceptors (Lipinski definition) is 4. The largest absolute Gasteiger partial charge is 0.384 e. The highest BCUT2D eigenvalue weighted by atomic mass is 32.2. The van der Waals surface area contributed by atoms with Gasteiger partial charge in [-0.05, 0) is 19.1 Å². The van der Waals surface area contributed by atoms with Crippen molar-refractivity contribution in [1.29, 1.82) is 0 Å². The summed E-state index contributed by atoms with van der Waals surface area (Å²) in [6.45, 7) is 2.17. The van der Waals surface area contributed by atoms with Gasteiger partial charge in [-0.15, -0.1) is 0 Å². The van der Waals surface area contributed by atoms with Gasteiger partial charge in [-0.25, -0.2) is 4.98 Å². The Morgan fingerprint density at radius 3 is 2.88 bits per heavy atom. The highest BCUT2D eigenvalue weighted by molar-refractivity contribution is 7.84. The molecule has 16 heavy (non-hydrogen) atoms. The molecule has 1 aromatic rings. The molecule has 0 saturated heterocycles. The molecule has 2 atom stereocenters. The Balaban J connectivity index is 2.56. The van der Waals surface area contributed by atoms with E-state index in [1.807, 2.05) is 6.92 Å². The topological polar surface area (TPSA) is 85.1 Å². The number of anilines is 1. The molecule has 0 aliphatic heterocycles. The van der Waals surface area contributed by atoms with Crippen LogP contribution in [0.5, 0.6) is 0 Å². The number of hydrogen-bond donors (Lipinski definition) is 2. The van der Waals surface area contributed by atoms with E-state index >= 15 is 0 Å². The summed E-state index contributed by atoms with van der Waals surface area (Å²) in [5.74, 6) is 0.00404. The molecule has 2 unspecified atom stereocenters. The van der Waals surface area contributed by atoms with Crippen molar-refractivity contribution in [3.8, 4) is 0 Å². The molecule has 3 N–H and O–H groups in total. The molecular weight excluding hydrogens is 226 g/mol. The molecule has 6 heteroatoms. The number of amides is 1. The average molecular weight is 241 g/mol. The van der Waals surface area contributed by atoms with E-state index in [2.05, 4.69) is 10.3 Å². The second kappa shape index (κ2) is 5.60. The lowest BCUT2D eigenvalue weighted by atomic mass is 10.3. The molecule has 0 bridgehead atoms. The Hall–Kier alpha value is -1.43. The SMILES string of the molecule is CC(CNC(=O)c1cccc(N)n1)S(C)=O. The van der Waals surface area contributed by atoms with Crippen LogP contribution in [-0.2, 0) is 10.8 Å². The second-order valence-electron chi connectivity index (χ2n) is 3.47. The molecule has 0 radical (unpaired) electrons. The van der Waals surface area contributed by atoms with E-state index in [4.69, 9.17) is 5.73 Å². The summed E-state index contributed by atoms with van der Waals surface area (Å²) < 4.78 is 11.1. The van der Waals surface area contributed by atoms with E-state index in [1.54, 1.807) is 24.5 Å². The van der Waals surface area contributed by atoms with Crippen LogP contribution in [0.15, 0.2) is 18.2 Å². The molecule has 1 rings (SSSR count). The first-order valence-corrected chi connectivity index (χ1v) is 6.46. The van der Waals surface area contributed by atoms with E-state index in [9.17, 15) is 9.00 Å². The van der Waals surface area contributed by atoms with Crippen molar-refractivity contribution in [2.45, 2.75) is 12.2 Å². The van der Waals surface area contributed by atoms with Gasteiger partial charge < -0.3 is 11.1 Å². The minimum absolute atomic E-state index is 0.0787. The first-order chi connectivity index (χ1) is 7.50. The van der Waals surface area contributed by atoms with Crippen LogP contribution in [0.1, 0.15) is 17.4 Å². The molecule has 1 heterocycles. The average Bonchev–Trinajstić information content (AvgIpc) is 2.25. The van der Waals surface area contributed by atoms with Crippen molar-refractivity contribution >= 4 is 22.5 Å². The number of nitrogens with one attached hydrogen (secondary N) is 1. The molecule has 0 aliphatic rings. The number of aromatic nitrogens is 1. The smallest absolute Gasteiger partial charge is 0.270 e. The second-order valence-corrected chi connectivity index (χ2v) is 5.27. The van der Waals surface area contributed by atoms with Crippen molar-refractivity contribution in [2.24, 2.45) is 0 Å². The summed E-state index contributed by atoms with van der Waals surface area (Å²) >= 11 is 0. The van der Waals surface area contributed by atoms with Gasteiger partial charge in [-0.2, -0.15) is 0 Å². The molecule has 0 aliphatic carbocycles. The summed E-state index contributed by atoms with van der Waals surface area (Å²) in [4.78, 5) is 15.5. The predicted octanol–water partition coefficient (Wildman–Crippen LogP) is 0.161. The Labute approximate surface area is 96.9 Å². The molecule has 1 amide bonds. The maximum absolute atomic E-state index is 11.6. The number of carbonyl (C=O) groups excluding carboxylic acids is 1. The summed E-state index contributed by atoms with van der Waals surface area (Å²) in [6.07, 6.45) is 1.61. The van der Waals surface area contributed by atoms with Crippen molar-refractivity contribution < 1.29 is 9.00 Å². The minimum Gasteiger partial charge on any atom is -0.384 e. The van der Waals surface area contributed by atoms with E-state index in [1.165, 1.54) is 0 Å². The molecule has 0 saturated carbocycles. The van der Waals surface area contributed by atoms with Gasteiger partial charge in [0.05, 0.1) is 0 Å². The quantitative estimate of drug-likeness (QED) is 0.786. The lowest BCUT2D eigenvalue weighted by molar-refractivity contribution is 0.0949. The third-order valence-corrected chi connectivity index (χ3v) is 3.42. The molecule has 0 spiro atoms. The van der Waals surface area contributed by atoms with E-state index in [-0.39, 0.29) is 16.9 Å². The summed E-state index contributed by atoms with van der Waals surface area (Å²) in [5.41, 5.74) is 5.73. The summed E-state index contributed by atoms with van der Waals surface area (Å²) in [7, 11) is -0.947. The van der Waals surface area contributed by atoms with Gasteiger partial charge in [0.25, 0.3) is 5.91 Å².